The van der Waals surface area contributed by atoms with E-state index in [1.54, 1.807) is 30.7 Å². The van der Waals surface area contributed by atoms with Crippen LogP contribution >= 0.6 is 0 Å². The van der Waals surface area contributed by atoms with Gasteiger partial charge >= 0.3 is 0 Å². The molecule has 2 N–H and O–H groups in total. The van der Waals surface area contributed by atoms with E-state index in [-0.39, 0.29) is 17.7 Å². The van der Waals surface area contributed by atoms with Gasteiger partial charge in [-0.15, -0.1) is 0 Å². The van der Waals surface area contributed by atoms with Crippen LogP contribution in [0.4, 0.5) is 4.39 Å². The molecule has 0 fully saturated rings. The van der Waals surface area contributed by atoms with Gasteiger partial charge in [-0.2, -0.15) is 5.26 Å². The molecule has 18 heavy (non-hydrogen) atoms. The molecule has 1 unspecified atom stereocenters. The third kappa shape index (κ3) is 1.98. The van der Waals surface area contributed by atoms with Crippen molar-refractivity contribution in [3.63, 3.8) is 0 Å². The van der Waals surface area contributed by atoms with Gasteiger partial charge < -0.3 is 5.73 Å². The quantitative estimate of drug-likeness (QED) is 0.880. The summed E-state index contributed by atoms with van der Waals surface area (Å²) in [6.07, 6.45) is 3.19. The van der Waals surface area contributed by atoms with E-state index in [1.807, 2.05) is 6.07 Å². The van der Waals surface area contributed by atoms with Gasteiger partial charge in [-0.3, -0.25) is 4.57 Å². The Hall–Kier alpha value is -2.19. The predicted molar refractivity (Wildman–Crippen MR) is 65.6 cm³/mol. The maximum atomic E-state index is 13.6. The van der Waals surface area contributed by atoms with Crippen LogP contribution in [0, 0.1) is 24.1 Å². The lowest BCUT2D eigenvalue weighted by Crippen LogP contribution is -2.11. The molecule has 0 aliphatic rings. The zero-order valence-electron chi connectivity index (χ0n) is 10.2. The molecular weight excluding hydrogens is 231 g/mol. The fourth-order valence-corrected chi connectivity index (χ4v) is 1.84. The summed E-state index contributed by atoms with van der Waals surface area (Å²) >= 11 is 0. The first-order valence-electron chi connectivity index (χ1n) is 5.54. The molecule has 92 valence electrons. The molecule has 2 rings (SSSR count). The highest BCUT2D eigenvalue weighted by Crippen LogP contribution is 2.24. The molecule has 0 amide bonds. The number of nitriles is 1. The van der Waals surface area contributed by atoms with Crippen LogP contribution in [-0.4, -0.2) is 9.55 Å². The Morgan fingerprint density at radius 1 is 1.50 bits per heavy atom. The zero-order chi connectivity index (χ0) is 13.3. The lowest BCUT2D eigenvalue weighted by molar-refractivity contribution is 0.612. The van der Waals surface area contributed by atoms with Crippen LogP contribution in [0.2, 0.25) is 0 Å². The largest absolute Gasteiger partial charge is 0.324 e. The van der Waals surface area contributed by atoms with Crippen molar-refractivity contribution in [1.82, 2.24) is 9.55 Å². The van der Waals surface area contributed by atoms with Crippen LogP contribution in [-0.2, 0) is 0 Å². The summed E-state index contributed by atoms with van der Waals surface area (Å²) in [5, 5.41) is 8.98. The van der Waals surface area contributed by atoms with Crippen LogP contribution in [0.15, 0.2) is 24.5 Å². The fourth-order valence-electron chi connectivity index (χ4n) is 1.84. The molecule has 4 nitrogen and oxygen atoms in total. The minimum absolute atomic E-state index is 0.253. The molecule has 1 heterocycles. The van der Waals surface area contributed by atoms with Gasteiger partial charge in [0.2, 0.25) is 5.82 Å². The summed E-state index contributed by atoms with van der Waals surface area (Å²) in [4.78, 5) is 3.93. The highest BCUT2D eigenvalue weighted by atomic mass is 19.1. The second-order valence-corrected chi connectivity index (χ2v) is 4.18. The average Bonchev–Trinajstić information content (AvgIpc) is 2.79. The Morgan fingerprint density at radius 2 is 2.22 bits per heavy atom. The summed E-state index contributed by atoms with van der Waals surface area (Å²) in [6, 6.07) is 4.75. The smallest absolute Gasteiger partial charge is 0.217 e. The van der Waals surface area contributed by atoms with E-state index >= 15 is 0 Å². The molecular formula is C13H13FN4. The van der Waals surface area contributed by atoms with Crippen molar-refractivity contribution in [1.29, 1.82) is 5.26 Å². The number of nitrogens with zero attached hydrogens (tertiary/aromatic N) is 3. The van der Waals surface area contributed by atoms with Gasteiger partial charge in [-0.25, -0.2) is 9.37 Å². The lowest BCUT2D eigenvalue weighted by atomic mass is 10.0. The van der Waals surface area contributed by atoms with Crippen molar-refractivity contribution in [3.8, 4) is 11.8 Å². The normalized spacial score (nSPS) is 12.2. The first-order chi connectivity index (χ1) is 8.54. The van der Waals surface area contributed by atoms with Gasteiger partial charge in [-0.05, 0) is 37.1 Å². The minimum atomic E-state index is -0.330. The number of aromatic nitrogens is 2. The maximum absolute atomic E-state index is 13.6. The number of benzene rings is 1. The third-order valence-corrected chi connectivity index (χ3v) is 2.80. The van der Waals surface area contributed by atoms with Gasteiger partial charge in [0.1, 0.15) is 11.9 Å². The summed E-state index contributed by atoms with van der Waals surface area (Å²) in [6.45, 7) is 3.45. The summed E-state index contributed by atoms with van der Waals surface area (Å²) in [5.41, 5.74) is 7.69. The van der Waals surface area contributed by atoms with E-state index in [4.69, 9.17) is 11.0 Å². The molecule has 1 aromatic carbocycles. The first kappa shape index (κ1) is 12.3. The van der Waals surface area contributed by atoms with Crippen LogP contribution in [0.1, 0.15) is 29.9 Å². The predicted octanol–water partition coefficient (Wildman–Crippen LogP) is 2.21. The number of hydrogen-bond donors (Lipinski definition) is 1. The van der Waals surface area contributed by atoms with E-state index in [2.05, 4.69) is 4.98 Å². The second kappa shape index (κ2) is 4.59. The molecule has 0 bridgehead atoms. The van der Waals surface area contributed by atoms with Crippen molar-refractivity contribution in [2.24, 2.45) is 5.73 Å². The van der Waals surface area contributed by atoms with Gasteiger partial charge in [-0.1, -0.05) is 0 Å². The van der Waals surface area contributed by atoms with E-state index in [9.17, 15) is 4.39 Å². The van der Waals surface area contributed by atoms with Gasteiger partial charge in [0.25, 0.3) is 0 Å². The summed E-state index contributed by atoms with van der Waals surface area (Å²) in [5.74, 6) is -0.0485. The average molecular weight is 244 g/mol. The lowest BCUT2D eigenvalue weighted by Gasteiger charge is -2.15. The molecule has 0 spiro atoms. The van der Waals surface area contributed by atoms with Crippen LogP contribution < -0.4 is 5.73 Å². The van der Waals surface area contributed by atoms with Crippen LogP contribution in [0.5, 0.6) is 0 Å². The van der Waals surface area contributed by atoms with Crippen molar-refractivity contribution < 1.29 is 4.39 Å². The van der Waals surface area contributed by atoms with Gasteiger partial charge in [0.15, 0.2) is 0 Å². The Bertz CT molecular complexity index is 622. The molecule has 5 heteroatoms. The molecule has 0 radical (unpaired) electrons. The number of hydrogen-bond acceptors (Lipinski definition) is 3. The Balaban J connectivity index is 2.71. The Morgan fingerprint density at radius 3 is 2.83 bits per heavy atom. The van der Waals surface area contributed by atoms with Crippen molar-refractivity contribution in [2.75, 3.05) is 0 Å². The second-order valence-electron chi connectivity index (χ2n) is 4.18. The van der Waals surface area contributed by atoms with Gasteiger partial charge in [0, 0.05) is 18.4 Å². The Labute approximate surface area is 104 Å². The molecule has 1 atom stereocenters. The summed E-state index contributed by atoms with van der Waals surface area (Å²) in [7, 11) is 0. The molecule has 0 aliphatic carbocycles. The topological polar surface area (TPSA) is 67.6 Å². The molecule has 1 aromatic heterocycles. The first-order valence-corrected chi connectivity index (χ1v) is 5.54. The summed E-state index contributed by atoms with van der Waals surface area (Å²) < 4.78 is 15.2. The molecule has 0 saturated heterocycles. The number of aryl methyl sites for hydroxylation is 1. The van der Waals surface area contributed by atoms with Crippen LogP contribution in [0.3, 0.4) is 0 Å². The van der Waals surface area contributed by atoms with E-state index in [0.717, 1.165) is 0 Å². The number of imidazole rings is 1. The highest BCUT2D eigenvalue weighted by molar-refractivity contribution is 5.47. The highest BCUT2D eigenvalue weighted by Gasteiger charge is 2.14. The number of nitrogens with two attached hydrogens (primary N) is 1. The third-order valence-electron chi connectivity index (χ3n) is 2.80. The van der Waals surface area contributed by atoms with E-state index in [0.29, 0.717) is 16.8 Å². The van der Waals surface area contributed by atoms with Crippen molar-refractivity contribution in [3.05, 3.63) is 47.3 Å². The zero-order valence-corrected chi connectivity index (χ0v) is 10.2. The van der Waals surface area contributed by atoms with Crippen molar-refractivity contribution >= 4 is 0 Å². The van der Waals surface area contributed by atoms with E-state index < -0.39 is 0 Å². The van der Waals surface area contributed by atoms with E-state index in [1.165, 1.54) is 12.3 Å². The number of halogens is 1. The standard InChI is InChI=1S/C13H13FN4/c1-8-5-12(10(9(2)16)6-11(8)14)18-4-3-17-13(18)7-15/h3-6,9H,16H2,1-2H3. The molecule has 0 aliphatic heterocycles. The molecule has 0 saturated carbocycles. The maximum Gasteiger partial charge on any atom is 0.217 e. The fraction of sp³-hybridized carbons (Fsp3) is 0.231. The minimum Gasteiger partial charge on any atom is -0.324 e. The Kier molecular flexibility index (Phi) is 3.13. The molecule has 2 aromatic rings. The SMILES string of the molecule is Cc1cc(-n2ccnc2C#N)c(C(C)N)cc1F. The van der Waals surface area contributed by atoms with Gasteiger partial charge in [0.05, 0.1) is 5.69 Å². The van der Waals surface area contributed by atoms with Crippen LogP contribution in [0.25, 0.3) is 5.69 Å². The monoisotopic (exact) mass is 244 g/mol. The number of rotatable bonds is 2. The van der Waals surface area contributed by atoms with Crippen molar-refractivity contribution in [2.45, 2.75) is 19.9 Å².